The van der Waals surface area contributed by atoms with Crippen molar-refractivity contribution in [2.75, 3.05) is 38.1 Å². The first kappa shape index (κ1) is 19.0. The fourth-order valence-electron chi connectivity index (χ4n) is 3.79. The lowest BCUT2D eigenvalue weighted by atomic mass is 9.96. The molecular formula is C20H25BrN6O. The molecule has 0 spiro atoms. The predicted molar refractivity (Wildman–Crippen MR) is 114 cm³/mol. The Morgan fingerprint density at radius 1 is 1.36 bits per heavy atom. The van der Waals surface area contributed by atoms with Crippen molar-refractivity contribution in [3.63, 3.8) is 0 Å². The molecule has 0 atom stereocenters. The number of nitrogens with zero attached hydrogens (tertiary/aromatic N) is 5. The first-order valence-electron chi connectivity index (χ1n) is 9.51. The Labute approximate surface area is 173 Å². The van der Waals surface area contributed by atoms with E-state index in [0.29, 0.717) is 13.1 Å². The summed E-state index contributed by atoms with van der Waals surface area (Å²) in [5, 5.41) is 7.68. The minimum Gasteiger partial charge on any atom is -0.355 e. The van der Waals surface area contributed by atoms with E-state index in [1.165, 1.54) is 18.4 Å². The maximum atomic E-state index is 12.7. The molecule has 7 nitrogen and oxygen atoms in total. The number of guanidine groups is 1. The molecule has 1 saturated carbocycles. The van der Waals surface area contributed by atoms with E-state index in [2.05, 4.69) is 55.6 Å². The number of benzene rings is 1. The molecule has 1 aromatic heterocycles. The van der Waals surface area contributed by atoms with Gasteiger partial charge in [0.15, 0.2) is 5.96 Å². The second-order valence-corrected chi connectivity index (χ2v) is 8.45. The van der Waals surface area contributed by atoms with Crippen LogP contribution in [0.1, 0.15) is 18.4 Å². The summed E-state index contributed by atoms with van der Waals surface area (Å²) in [4.78, 5) is 20.9. The van der Waals surface area contributed by atoms with Gasteiger partial charge in [-0.05, 0) is 30.5 Å². The van der Waals surface area contributed by atoms with E-state index in [9.17, 15) is 4.79 Å². The Hall–Kier alpha value is -2.35. The van der Waals surface area contributed by atoms with Gasteiger partial charge in [0, 0.05) is 49.8 Å². The maximum absolute atomic E-state index is 12.7. The second kappa shape index (κ2) is 7.58. The third-order valence-corrected chi connectivity index (χ3v) is 6.10. The number of hydrogen-bond acceptors (Lipinski definition) is 3. The van der Waals surface area contributed by atoms with Crippen LogP contribution >= 0.6 is 15.9 Å². The molecule has 0 radical (unpaired) electrons. The van der Waals surface area contributed by atoms with E-state index in [4.69, 9.17) is 0 Å². The number of amides is 1. The summed E-state index contributed by atoms with van der Waals surface area (Å²) in [6.07, 6.45) is 5.94. The van der Waals surface area contributed by atoms with Crippen molar-refractivity contribution in [3.8, 4) is 0 Å². The summed E-state index contributed by atoms with van der Waals surface area (Å²) in [6.45, 7) is 2.51. The fourth-order valence-corrected chi connectivity index (χ4v) is 4.19. The van der Waals surface area contributed by atoms with E-state index < -0.39 is 0 Å². The van der Waals surface area contributed by atoms with Crippen LogP contribution in [0.5, 0.6) is 0 Å². The smallest absolute Gasteiger partial charge is 0.246 e. The van der Waals surface area contributed by atoms with Crippen molar-refractivity contribution in [3.05, 3.63) is 46.7 Å². The molecule has 0 unspecified atom stereocenters. The molecule has 1 aromatic carbocycles. The molecule has 148 valence electrons. The number of rotatable bonds is 4. The molecular weight excluding hydrogens is 420 g/mol. The Bertz CT molecular complexity index is 904. The summed E-state index contributed by atoms with van der Waals surface area (Å²) in [5.74, 6) is 0.857. The van der Waals surface area contributed by atoms with Crippen LogP contribution in [0.3, 0.4) is 0 Å². The second-order valence-electron chi connectivity index (χ2n) is 7.53. The van der Waals surface area contributed by atoms with Gasteiger partial charge in [0.05, 0.1) is 11.9 Å². The minimum absolute atomic E-state index is 0.0651. The molecule has 2 aromatic rings. The van der Waals surface area contributed by atoms with E-state index in [1.54, 1.807) is 22.8 Å². The number of aliphatic imine (C=N–C) groups is 1. The number of carbonyl (C=O) groups excluding carboxylic acids is 1. The summed E-state index contributed by atoms with van der Waals surface area (Å²) in [6, 6.07) is 8.54. The molecule has 1 amide bonds. The van der Waals surface area contributed by atoms with Crippen LogP contribution in [-0.2, 0) is 17.3 Å². The van der Waals surface area contributed by atoms with Crippen LogP contribution in [0.25, 0.3) is 0 Å². The highest BCUT2D eigenvalue weighted by Gasteiger charge is 2.44. The third-order valence-electron chi connectivity index (χ3n) is 5.61. The molecule has 1 aliphatic heterocycles. The van der Waals surface area contributed by atoms with Gasteiger partial charge in [0.1, 0.15) is 6.54 Å². The van der Waals surface area contributed by atoms with E-state index in [-0.39, 0.29) is 11.3 Å². The zero-order chi connectivity index (χ0) is 19.7. The van der Waals surface area contributed by atoms with Gasteiger partial charge >= 0.3 is 0 Å². The monoisotopic (exact) mass is 444 g/mol. The lowest BCUT2D eigenvalue weighted by Gasteiger charge is -2.35. The highest BCUT2D eigenvalue weighted by Crippen LogP contribution is 2.48. The number of aromatic nitrogens is 2. The van der Waals surface area contributed by atoms with Gasteiger partial charge in [-0.3, -0.25) is 14.5 Å². The zero-order valence-corrected chi connectivity index (χ0v) is 17.8. The number of nitrogens with one attached hydrogen (secondary N) is 1. The van der Waals surface area contributed by atoms with Crippen molar-refractivity contribution in [1.82, 2.24) is 20.0 Å². The Kier molecular flexibility index (Phi) is 5.14. The molecule has 0 bridgehead atoms. The number of anilines is 1. The molecule has 1 saturated heterocycles. The fraction of sp³-hybridized carbons (Fsp3) is 0.450. The largest absolute Gasteiger partial charge is 0.355 e. The average Bonchev–Trinajstić information content (AvgIpc) is 3.36. The molecule has 2 fully saturated rings. The summed E-state index contributed by atoms with van der Waals surface area (Å²) < 4.78 is 2.82. The molecule has 4 rings (SSSR count). The first-order chi connectivity index (χ1) is 13.5. The Balaban J connectivity index is 1.38. The van der Waals surface area contributed by atoms with Crippen LogP contribution in [0.15, 0.2) is 46.1 Å². The van der Waals surface area contributed by atoms with Gasteiger partial charge < -0.3 is 15.1 Å². The topological polar surface area (TPSA) is 65.8 Å². The van der Waals surface area contributed by atoms with E-state index >= 15 is 0 Å². The number of hydrogen-bond donors (Lipinski definition) is 1. The summed E-state index contributed by atoms with van der Waals surface area (Å²) in [5.41, 5.74) is 2.37. The standard InChI is InChI=1S/C20H25BrN6O/c1-22-19(23-14-20(6-7-20)15-4-3-5-16(21)10-15)26-8-9-27(18(28)13-26)17-11-24-25(2)12-17/h3-5,10-12H,6-9,13-14H2,1-2H3,(H,22,23). The normalized spacial score (nSPS) is 19.1. The highest BCUT2D eigenvalue weighted by atomic mass is 79.9. The Morgan fingerprint density at radius 2 is 2.18 bits per heavy atom. The van der Waals surface area contributed by atoms with Gasteiger partial charge in [0.2, 0.25) is 5.91 Å². The van der Waals surface area contributed by atoms with Gasteiger partial charge in [-0.15, -0.1) is 0 Å². The Morgan fingerprint density at radius 3 is 2.79 bits per heavy atom. The summed E-state index contributed by atoms with van der Waals surface area (Å²) >= 11 is 3.57. The molecule has 1 aliphatic carbocycles. The van der Waals surface area contributed by atoms with Crippen molar-refractivity contribution in [1.29, 1.82) is 0 Å². The van der Waals surface area contributed by atoms with E-state index in [1.807, 2.05) is 18.1 Å². The molecule has 2 aliphatic rings. The number of aryl methyl sites for hydroxylation is 1. The first-order valence-corrected chi connectivity index (χ1v) is 10.3. The predicted octanol–water partition coefficient (Wildman–Crippen LogP) is 2.14. The average molecular weight is 445 g/mol. The van der Waals surface area contributed by atoms with Crippen LogP contribution in [-0.4, -0.2) is 59.8 Å². The van der Waals surface area contributed by atoms with E-state index in [0.717, 1.165) is 29.2 Å². The minimum atomic E-state index is 0.0651. The lowest BCUT2D eigenvalue weighted by Crippen LogP contribution is -2.56. The van der Waals surface area contributed by atoms with Gasteiger partial charge in [-0.25, -0.2) is 0 Å². The number of carbonyl (C=O) groups is 1. The molecule has 8 heteroatoms. The van der Waals surface area contributed by atoms with Crippen molar-refractivity contribution >= 4 is 33.5 Å². The van der Waals surface area contributed by atoms with Crippen LogP contribution in [0.2, 0.25) is 0 Å². The third kappa shape index (κ3) is 3.78. The van der Waals surface area contributed by atoms with Crippen LogP contribution in [0.4, 0.5) is 5.69 Å². The van der Waals surface area contributed by atoms with Gasteiger partial charge in [-0.1, -0.05) is 28.1 Å². The zero-order valence-electron chi connectivity index (χ0n) is 16.2. The molecule has 1 N–H and O–H groups in total. The van der Waals surface area contributed by atoms with Crippen LogP contribution in [0, 0.1) is 0 Å². The number of halogens is 1. The van der Waals surface area contributed by atoms with Gasteiger partial charge in [-0.2, -0.15) is 5.10 Å². The maximum Gasteiger partial charge on any atom is 0.246 e. The lowest BCUT2D eigenvalue weighted by molar-refractivity contribution is -0.120. The van der Waals surface area contributed by atoms with Crippen molar-refractivity contribution in [2.24, 2.45) is 12.0 Å². The van der Waals surface area contributed by atoms with Crippen LogP contribution < -0.4 is 10.2 Å². The summed E-state index contributed by atoms with van der Waals surface area (Å²) in [7, 11) is 3.63. The van der Waals surface area contributed by atoms with Gasteiger partial charge in [0.25, 0.3) is 0 Å². The molecule has 2 heterocycles. The number of piperazine rings is 1. The van der Waals surface area contributed by atoms with Crippen molar-refractivity contribution in [2.45, 2.75) is 18.3 Å². The van der Waals surface area contributed by atoms with Crippen molar-refractivity contribution < 1.29 is 4.79 Å². The highest BCUT2D eigenvalue weighted by molar-refractivity contribution is 9.10. The quantitative estimate of drug-likeness (QED) is 0.579. The molecule has 28 heavy (non-hydrogen) atoms. The SMILES string of the molecule is CN=C(NCC1(c2cccc(Br)c2)CC1)N1CCN(c2cnn(C)c2)C(=O)C1.